The molecule has 0 aromatic carbocycles. The number of alkyl halides is 3. The molecule has 1 unspecified atom stereocenters. The molecule has 5 heteroatoms. The highest BCUT2D eigenvalue weighted by Crippen LogP contribution is 2.36. The number of aromatic nitrogens is 1. The smallest absolute Gasteiger partial charge is 0.384 e. The van der Waals surface area contributed by atoms with E-state index in [-0.39, 0.29) is 23.3 Å². The second kappa shape index (κ2) is 4.31. The molecule has 0 aliphatic carbocycles. The average Bonchev–Trinajstić information content (AvgIpc) is 2.14. The van der Waals surface area contributed by atoms with Gasteiger partial charge in [0.1, 0.15) is 5.82 Å². The van der Waals surface area contributed by atoms with Crippen molar-refractivity contribution in [3.05, 3.63) is 23.4 Å². The molecule has 0 radical (unpaired) electrons. The minimum atomic E-state index is -4.38. The first kappa shape index (κ1) is 12.8. The Hall–Kier alpha value is -1.26. The fraction of sp³-hybridized carbons (Fsp3) is 0.545. The Kier molecular flexibility index (Phi) is 3.45. The van der Waals surface area contributed by atoms with Crippen molar-refractivity contribution in [2.24, 2.45) is 5.92 Å². The standard InChI is InChI=1S/C11H15F3N2/c1-6(2)7(3)10-8(11(12,13)14)4-5-9(15)16-10/h4-7H,1-3H3,(H2,15,16). The van der Waals surface area contributed by atoms with Crippen molar-refractivity contribution < 1.29 is 13.2 Å². The third-order valence-electron chi connectivity index (χ3n) is 2.68. The van der Waals surface area contributed by atoms with Crippen molar-refractivity contribution in [1.82, 2.24) is 4.98 Å². The second-order valence-electron chi connectivity index (χ2n) is 4.20. The summed E-state index contributed by atoms with van der Waals surface area (Å²) in [4.78, 5) is 3.82. The van der Waals surface area contributed by atoms with Crippen molar-refractivity contribution >= 4 is 5.82 Å². The Bertz CT molecular complexity index is 372. The van der Waals surface area contributed by atoms with Gasteiger partial charge in [0, 0.05) is 5.92 Å². The van der Waals surface area contributed by atoms with E-state index in [9.17, 15) is 13.2 Å². The van der Waals surface area contributed by atoms with Gasteiger partial charge >= 0.3 is 6.18 Å². The second-order valence-corrected chi connectivity index (χ2v) is 4.20. The van der Waals surface area contributed by atoms with E-state index in [0.29, 0.717) is 0 Å². The molecule has 0 saturated heterocycles. The van der Waals surface area contributed by atoms with E-state index in [1.807, 2.05) is 13.8 Å². The van der Waals surface area contributed by atoms with Crippen LogP contribution in [0.3, 0.4) is 0 Å². The molecule has 0 aliphatic heterocycles. The van der Waals surface area contributed by atoms with Gasteiger partial charge in [0.25, 0.3) is 0 Å². The summed E-state index contributed by atoms with van der Waals surface area (Å²) in [6.45, 7) is 5.44. The zero-order valence-corrected chi connectivity index (χ0v) is 9.47. The zero-order valence-electron chi connectivity index (χ0n) is 9.47. The molecule has 1 atom stereocenters. The molecule has 2 N–H and O–H groups in total. The van der Waals surface area contributed by atoms with Crippen LogP contribution < -0.4 is 5.73 Å². The molecular formula is C11H15F3N2. The molecule has 0 fully saturated rings. The lowest BCUT2D eigenvalue weighted by Crippen LogP contribution is -2.16. The highest BCUT2D eigenvalue weighted by molar-refractivity contribution is 5.37. The fourth-order valence-corrected chi connectivity index (χ4v) is 1.39. The molecule has 1 heterocycles. The monoisotopic (exact) mass is 232 g/mol. The largest absolute Gasteiger partial charge is 0.418 e. The first-order valence-electron chi connectivity index (χ1n) is 5.07. The number of halogens is 3. The van der Waals surface area contributed by atoms with Crippen LogP contribution in [0.1, 0.15) is 37.9 Å². The van der Waals surface area contributed by atoms with Crippen LogP contribution in [0.15, 0.2) is 12.1 Å². The summed E-state index contributed by atoms with van der Waals surface area (Å²) >= 11 is 0. The summed E-state index contributed by atoms with van der Waals surface area (Å²) in [6.07, 6.45) is -4.38. The van der Waals surface area contributed by atoms with Crippen molar-refractivity contribution in [2.75, 3.05) is 5.73 Å². The molecule has 1 aromatic heterocycles. The number of nitrogens with two attached hydrogens (primary N) is 1. The maximum atomic E-state index is 12.7. The SMILES string of the molecule is CC(C)C(C)c1nc(N)ccc1C(F)(F)F. The summed E-state index contributed by atoms with van der Waals surface area (Å²) < 4.78 is 38.2. The Morgan fingerprint density at radius 2 is 1.75 bits per heavy atom. The van der Waals surface area contributed by atoms with Crippen LogP contribution >= 0.6 is 0 Å². The van der Waals surface area contributed by atoms with Gasteiger partial charge in [-0.3, -0.25) is 0 Å². The summed E-state index contributed by atoms with van der Waals surface area (Å²) in [6, 6.07) is 2.18. The predicted octanol–water partition coefficient (Wildman–Crippen LogP) is 3.44. The number of nitrogens with zero attached hydrogens (tertiary/aromatic N) is 1. The van der Waals surface area contributed by atoms with Gasteiger partial charge in [-0.25, -0.2) is 4.98 Å². The Labute approximate surface area is 92.7 Å². The fourth-order valence-electron chi connectivity index (χ4n) is 1.39. The summed E-state index contributed by atoms with van der Waals surface area (Å²) in [5.41, 5.74) is 4.77. The van der Waals surface area contributed by atoms with Crippen LogP contribution in [0.2, 0.25) is 0 Å². The Morgan fingerprint density at radius 1 is 1.19 bits per heavy atom. The molecule has 16 heavy (non-hydrogen) atoms. The van der Waals surface area contributed by atoms with E-state index >= 15 is 0 Å². The molecule has 90 valence electrons. The van der Waals surface area contributed by atoms with Crippen LogP contribution in [0.25, 0.3) is 0 Å². The average molecular weight is 232 g/mol. The van der Waals surface area contributed by atoms with E-state index in [1.54, 1.807) is 6.92 Å². The molecule has 2 nitrogen and oxygen atoms in total. The van der Waals surface area contributed by atoms with Gasteiger partial charge in [-0.05, 0) is 18.1 Å². The summed E-state index contributed by atoms with van der Waals surface area (Å²) in [5.74, 6) is -0.0778. The minimum Gasteiger partial charge on any atom is -0.384 e. The molecule has 0 spiro atoms. The van der Waals surface area contributed by atoms with Gasteiger partial charge in [-0.1, -0.05) is 20.8 Å². The number of anilines is 1. The van der Waals surface area contributed by atoms with Crippen LogP contribution in [-0.4, -0.2) is 4.98 Å². The van der Waals surface area contributed by atoms with Crippen molar-refractivity contribution in [2.45, 2.75) is 32.9 Å². The minimum absolute atomic E-state index is 0.0301. The van der Waals surface area contributed by atoms with Crippen LogP contribution in [0, 0.1) is 5.92 Å². The van der Waals surface area contributed by atoms with E-state index in [1.165, 1.54) is 6.07 Å². The van der Waals surface area contributed by atoms with E-state index in [2.05, 4.69) is 4.98 Å². The first-order chi connectivity index (χ1) is 7.23. The van der Waals surface area contributed by atoms with Gasteiger partial charge in [0.2, 0.25) is 0 Å². The topological polar surface area (TPSA) is 38.9 Å². The van der Waals surface area contributed by atoms with Crippen molar-refractivity contribution in [1.29, 1.82) is 0 Å². The maximum absolute atomic E-state index is 12.7. The Balaban J connectivity index is 3.29. The maximum Gasteiger partial charge on any atom is 0.418 e. The molecule has 0 amide bonds. The van der Waals surface area contributed by atoms with Gasteiger partial charge < -0.3 is 5.73 Å². The lowest BCUT2D eigenvalue weighted by atomic mass is 9.91. The predicted molar refractivity (Wildman–Crippen MR) is 56.9 cm³/mol. The van der Waals surface area contributed by atoms with E-state index in [0.717, 1.165) is 6.07 Å². The summed E-state index contributed by atoms with van der Waals surface area (Å²) in [7, 11) is 0. The molecule has 0 bridgehead atoms. The van der Waals surface area contributed by atoms with Gasteiger partial charge in [0.15, 0.2) is 0 Å². The lowest BCUT2D eigenvalue weighted by molar-refractivity contribution is -0.138. The van der Waals surface area contributed by atoms with E-state index < -0.39 is 11.7 Å². The Morgan fingerprint density at radius 3 is 2.19 bits per heavy atom. The number of hydrogen-bond donors (Lipinski definition) is 1. The van der Waals surface area contributed by atoms with Gasteiger partial charge in [-0.2, -0.15) is 13.2 Å². The number of nitrogen functional groups attached to an aromatic ring is 1. The van der Waals surface area contributed by atoms with Crippen molar-refractivity contribution in [3.63, 3.8) is 0 Å². The number of hydrogen-bond acceptors (Lipinski definition) is 2. The highest BCUT2D eigenvalue weighted by atomic mass is 19.4. The molecular weight excluding hydrogens is 217 g/mol. The summed E-state index contributed by atoms with van der Waals surface area (Å²) in [5, 5.41) is 0. The normalized spacial score (nSPS) is 14.2. The van der Waals surface area contributed by atoms with Crippen molar-refractivity contribution in [3.8, 4) is 0 Å². The third kappa shape index (κ3) is 2.65. The third-order valence-corrected chi connectivity index (χ3v) is 2.68. The molecule has 0 saturated carbocycles. The zero-order chi connectivity index (χ0) is 12.5. The van der Waals surface area contributed by atoms with Crippen LogP contribution in [-0.2, 0) is 6.18 Å². The lowest BCUT2D eigenvalue weighted by Gasteiger charge is -2.20. The number of pyridine rings is 1. The quantitative estimate of drug-likeness (QED) is 0.848. The van der Waals surface area contributed by atoms with Crippen LogP contribution in [0.4, 0.5) is 19.0 Å². The first-order valence-corrected chi connectivity index (χ1v) is 5.07. The molecule has 1 aromatic rings. The number of rotatable bonds is 2. The van der Waals surface area contributed by atoms with Gasteiger partial charge in [0.05, 0.1) is 11.3 Å². The molecule has 0 aliphatic rings. The van der Waals surface area contributed by atoms with E-state index in [4.69, 9.17) is 5.73 Å². The van der Waals surface area contributed by atoms with Gasteiger partial charge in [-0.15, -0.1) is 0 Å². The highest BCUT2D eigenvalue weighted by Gasteiger charge is 2.35. The molecule has 1 rings (SSSR count). The van der Waals surface area contributed by atoms with Crippen LogP contribution in [0.5, 0.6) is 0 Å².